The molecule has 0 saturated heterocycles. The fraction of sp³-hybridized carbons (Fsp3) is 0.667. The molecule has 2 heteroatoms. The van der Waals surface area contributed by atoms with Crippen LogP contribution in [0.2, 0.25) is 0 Å². The third-order valence-corrected chi connectivity index (χ3v) is 17.9. The highest BCUT2D eigenvalue weighted by molar-refractivity contribution is 5.73. The van der Waals surface area contributed by atoms with Gasteiger partial charge in [-0.3, -0.25) is 0 Å². The molecule has 0 amide bonds. The first-order chi connectivity index (χ1) is 29.6. The first-order valence-electron chi connectivity index (χ1n) is 25.7. The zero-order valence-electron chi connectivity index (χ0n) is 42.0. The van der Waals surface area contributed by atoms with Gasteiger partial charge in [-0.1, -0.05) is 75.3 Å². The summed E-state index contributed by atoms with van der Waals surface area (Å²) in [5, 5.41) is 0. The van der Waals surface area contributed by atoms with Gasteiger partial charge in [0.2, 0.25) is 0 Å². The van der Waals surface area contributed by atoms with E-state index in [9.17, 15) is 8.78 Å². The number of rotatable bonds is 12. The Kier molecular flexibility index (Phi) is 19.4. The molecule has 0 nitrogen and oxygen atoms in total. The minimum Gasteiger partial charge on any atom is -0.216 e. The molecule has 0 bridgehead atoms. The van der Waals surface area contributed by atoms with Crippen LogP contribution >= 0.6 is 0 Å². The maximum atomic E-state index is 12.4. The summed E-state index contributed by atoms with van der Waals surface area (Å²) in [5.41, 5.74) is 21.0. The standard InChI is InChI=1S/C31H47F.C29H43F/c1-21(31-25(5)23(3)22(2)24(4)26(31)6)20-30-17-15-29(16-18-30)14-13-28-11-9-27(10-12-28)8-7-19-32;1-19-9-13-26(14-10-19)20(2)18-28-21(3)23(5)29(24(6)22(28)4)27-15-11-25(12-16-27)8-7-17-30/h7,19-20,27-30H,8-18H2,1-6H3;7,17-19,25-27H,8-16H2,1-6H3/b19-7+,21-20+;17-7+,20-18?. The van der Waals surface area contributed by atoms with Crippen LogP contribution in [0.3, 0.4) is 0 Å². The van der Waals surface area contributed by atoms with Gasteiger partial charge in [0.15, 0.2) is 0 Å². The summed E-state index contributed by atoms with van der Waals surface area (Å²) in [5.74, 6) is 6.38. The second-order valence-corrected chi connectivity index (χ2v) is 21.7. The molecule has 4 aliphatic rings. The number of halogens is 2. The summed E-state index contributed by atoms with van der Waals surface area (Å²) < 4.78 is 24.6. The molecule has 4 aliphatic carbocycles. The maximum Gasteiger partial charge on any atom is 0.0827 e. The summed E-state index contributed by atoms with van der Waals surface area (Å²) in [4.78, 5) is 0. The number of hydrogen-bond acceptors (Lipinski definition) is 0. The fourth-order valence-electron chi connectivity index (χ4n) is 12.8. The molecule has 0 unspecified atom stereocenters. The Morgan fingerprint density at radius 1 is 0.484 bits per heavy atom. The van der Waals surface area contributed by atoms with Crippen molar-refractivity contribution in [3.05, 3.63) is 103 Å². The Labute approximate surface area is 381 Å². The molecule has 0 aliphatic heterocycles. The molecular weight excluding hydrogens is 759 g/mol. The van der Waals surface area contributed by atoms with Gasteiger partial charge in [-0.15, -0.1) is 0 Å². The summed E-state index contributed by atoms with van der Waals surface area (Å²) >= 11 is 0. The van der Waals surface area contributed by atoms with E-state index in [-0.39, 0.29) is 0 Å². The molecule has 62 heavy (non-hydrogen) atoms. The SMILES string of the molecule is C/C(=C\C1CCC(CCC2CCC(C/C=C/F)CC2)CC1)c1c(C)c(C)c(C)c(C)c1C.CC(=Cc1c(C)c(C)c(C2CCC(C/C=C/F)CC2)c(C)c1C)C1CCC(C)CC1. The topological polar surface area (TPSA) is 0 Å². The first-order valence-corrected chi connectivity index (χ1v) is 25.7. The first kappa shape index (κ1) is 50.3. The smallest absolute Gasteiger partial charge is 0.0827 e. The van der Waals surface area contributed by atoms with Crippen molar-refractivity contribution in [3.8, 4) is 0 Å². The molecule has 4 fully saturated rings. The minimum absolute atomic E-state index is 0.666. The summed E-state index contributed by atoms with van der Waals surface area (Å²) in [6.07, 6.45) is 36.1. The molecule has 0 spiro atoms. The van der Waals surface area contributed by atoms with Crippen molar-refractivity contribution in [3.63, 3.8) is 0 Å². The van der Waals surface area contributed by atoms with E-state index >= 15 is 0 Å². The molecule has 0 radical (unpaired) electrons. The van der Waals surface area contributed by atoms with Crippen LogP contribution in [0.4, 0.5) is 8.78 Å². The van der Waals surface area contributed by atoms with E-state index < -0.39 is 0 Å². The molecule has 4 saturated carbocycles. The molecule has 2 aromatic carbocycles. The Bertz CT molecular complexity index is 1810. The van der Waals surface area contributed by atoms with E-state index in [1.165, 1.54) is 182 Å². The summed E-state index contributed by atoms with van der Waals surface area (Å²) in [6.45, 7) is 27.9. The van der Waals surface area contributed by atoms with Crippen LogP contribution in [0.15, 0.2) is 36.5 Å². The van der Waals surface area contributed by atoms with E-state index in [1.807, 2.05) is 0 Å². The van der Waals surface area contributed by atoms with E-state index in [4.69, 9.17) is 0 Å². The lowest BCUT2D eigenvalue weighted by Gasteiger charge is -2.32. The molecule has 0 heterocycles. The normalized spacial score (nSPS) is 27.8. The Morgan fingerprint density at radius 3 is 1.37 bits per heavy atom. The number of hydrogen-bond donors (Lipinski definition) is 0. The number of allylic oxidation sites excluding steroid dienone is 5. The van der Waals surface area contributed by atoms with Crippen molar-refractivity contribution >= 4 is 11.6 Å². The van der Waals surface area contributed by atoms with E-state index in [2.05, 4.69) is 95.2 Å². The van der Waals surface area contributed by atoms with Gasteiger partial charge >= 0.3 is 0 Å². The average molecular weight is 849 g/mol. The average Bonchev–Trinajstić information content (AvgIpc) is 3.28. The third-order valence-electron chi connectivity index (χ3n) is 17.9. The molecule has 0 atom stereocenters. The Morgan fingerprint density at radius 2 is 0.903 bits per heavy atom. The van der Waals surface area contributed by atoms with Gasteiger partial charge in [0, 0.05) is 0 Å². The highest BCUT2D eigenvalue weighted by atomic mass is 19.1. The largest absolute Gasteiger partial charge is 0.216 e. The van der Waals surface area contributed by atoms with Crippen molar-refractivity contribution in [2.24, 2.45) is 41.4 Å². The van der Waals surface area contributed by atoms with E-state index in [0.29, 0.717) is 11.8 Å². The van der Waals surface area contributed by atoms with Gasteiger partial charge in [0.1, 0.15) is 0 Å². The van der Waals surface area contributed by atoms with Gasteiger partial charge in [0.05, 0.1) is 12.7 Å². The lowest BCUT2D eigenvalue weighted by atomic mass is 9.73. The second kappa shape index (κ2) is 24.0. The van der Waals surface area contributed by atoms with Crippen LogP contribution in [-0.2, 0) is 0 Å². The zero-order chi connectivity index (χ0) is 45.1. The quantitative estimate of drug-likeness (QED) is 0.200. The second-order valence-electron chi connectivity index (χ2n) is 21.7. The van der Waals surface area contributed by atoms with Gasteiger partial charge in [-0.2, -0.15) is 0 Å². The van der Waals surface area contributed by atoms with E-state index in [0.717, 1.165) is 61.0 Å². The minimum atomic E-state index is 0.666. The monoisotopic (exact) mass is 849 g/mol. The van der Waals surface area contributed by atoms with Gasteiger partial charge in [-0.05, 0) is 286 Å². The highest BCUT2D eigenvalue weighted by Crippen LogP contribution is 2.44. The van der Waals surface area contributed by atoms with Crippen LogP contribution in [-0.4, -0.2) is 0 Å². The summed E-state index contributed by atoms with van der Waals surface area (Å²) in [7, 11) is 0. The van der Waals surface area contributed by atoms with Gasteiger partial charge in [-0.25, -0.2) is 8.78 Å². The molecular formula is C60H90F2. The third kappa shape index (κ3) is 13.0. The van der Waals surface area contributed by atoms with Crippen LogP contribution in [0.5, 0.6) is 0 Å². The van der Waals surface area contributed by atoms with Crippen LogP contribution in [0.25, 0.3) is 11.6 Å². The lowest BCUT2D eigenvalue weighted by Crippen LogP contribution is -2.17. The molecule has 2 aromatic rings. The van der Waals surface area contributed by atoms with Crippen molar-refractivity contribution < 1.29 is 8.78 Å². The molecule has 0 aromatic heterocycles. The molecule has 344 valence electrons. The molecule has 0 N–H and O–H groups in total. The van der Waals surface area contributed by atoms with Crippen LogP contribution < -0.4 is 0 Å². The van der Waals surface area contributed by atoms with Crippen LogP contribution in [0.1, 0.15) is 222 Å². The fourth-order valence-corrected chi connectivity index (χ4v) is 12.8. The lowest BCUT2D eigenvalue weighted by molar-refractivity contribution is 0.227. The van der Waals surface area contributed by atoms with Crippen molar-refractivity contribution in [2.75, 3.05) is 0 Å². The van der Waals surface area contributed by atoms with Crippen molar-refractivity contribution in [1.82, 2.24) is 0 Å². The van der Waals surface area contributed by atoms with E-state index in [1.54, 1.807) is 23.3 Å². The number of benzene rings is 2. The summed E-state index contributed by atoms with van der Waals surface area (Å²) in [6, 6.07) is 0. The van der Waals surface area contributed by atoms with Gasteiger partial charge in [0.25, 0.3) is 0 Å². The van der Waals surface area contributed by atoms with Crippen LogP contribution in [0, 0.1) is 104 Å². The van der Waals surface area contributed by atoms with Crippen molar-refractivity contribution in [2.45, 2.75) is 217 Å². The maximum absolute atomic E-state index is 12.4. The molecule has 6 rings (SSSR count). The predicted octanol–water partition coefficient (Wildman–Crippen LogP) is 19.2. The predicted molar refractivity (Wildman–Crippen MR) is 268 cm³/mol. The zero-order valence-corrected chi connectivity index (χ0v) is 42.0. The Balaban J connectivity index is 0.000000235. The highest BCUT2D eigenvalue weighted by Gasteiger charge is 2.28. The van der Waals surface area contributed by atoms with Crippen molar-refractivity contribution in [1.29, 1.82) is 0 Å². The Hall–Kier alpha value is -2.74. The van der Waals surface area contributed by atoms with Gasteiger partial charge < -0.3 is 0 Å².